The molecule has 4 atom stereocenters. The van der Waals surface area contributed by atoms with Crippen LogP contribution >= 0.6 is 0 Å². The minimum absolute atomic E-state index is 0.190. The fourth-order valence-electron chi connectivity index (χ4n) is 3.36. The first-order chi connectivity index (χ1) is 9.54. The normalized spacial score (nSPS) is 27.2. The maximum Gasteiger partial charge on any atom is 0.0820 e. The minimum Gasteiger partial charge on any atom is -0.390 e. The third-order valence-electron chi connectivity index (χ3n) is 4.20. The molecule has 0 bridgehead atoms. The molecule has 2 rings (SSSR count). The van der Waals surface area contributed by atoms with Gasteiger partial charge in [0.1, 0.15) is 0 Å². The summed E-state index contributed by atoms with van der Waals surface area (Å²) in [7, 11) is 0. The number of benzene rings is 1. The molecule has 1 heterocycles. The number of nitrogens with two attached hydrogens (primary N) is 1. The Morgan fingerprint density at radius 2 is 1.80 bits per heavy atom. The van der Waals surface area contributed by atoms with E-state index in [1.54, 1.807) is 0 Å². The van der Waals surface area contributed by atoms with E-state index in [4.69, 9.17) is 5.73 Å². The molecule has 1 aromatic carbocycles. The Labute approximate surface area is 122 Å². The van der Waals surface area contributed by atoms with Gasteiger partial charge in [-0.3, -0.25) is 0 Å². The van der Waals surface area contributed by atoms with Gasteiger partial charge in [0, 0.05) is 25.7 Å². The van der Waals surface area contributed by atoms with Crippen LogP contribution < -0.4 is 5.73 Å². The molecule has 0 aliphatic carbocycles. The van der Waals surface area contributed by atoms with Crippen molar-refractivity contribution in [3.05, 3.63) is 35.9 Å². The Morgan fingerprint density at radius 1 is 1.20 bits per heavy atom. The minimum atomic E-state index is -0.451. The van der Waals surface area contributed by atoms with Crippen LogP contribution in [-0.4, -0.2) is 41.8 Å². The summed E-state index contributed by atoms with van der Waals surface area (Å²) in [6, 6.07) is 9.98. The third kappa shape index (κ3) is 4.58. The van der Waals surface area contributed by atoms with E-state index < -0.39 is 6.10 Å². The summed E-state index contributed by atoms with van der Waals surface area (Å²) >= 11 is 0. The molecular weight excluding hydrogens is 248 g/mol. The molecule has 1 saturated heterocycles. The van der Waals surface area contributed by atoms with E-state index >= 15 is 0 Å². The summed E-state index contributed by atoms with van der Waals surface area (Å²) in [6.45, 7) is 7.44. The Morgan fingerprint density at radius 3 is 2.40 bits per heavy atom. The van der Waals surface area contributed by atoms with Crippen LogP contribution in [-0.2, 0) is 6.42 Å². The summed E-state index contributed by atoms with van der Waals surface area (Å²) in [6.07, 6.45) is 1.58. The average Bonchev–Trinajstić information content (AvgIpc) is 2.38. The molecule has 3 nitrogen and oxygen atoms in total. The Kier molecular flexibility index (Phi) is 5.58. The van der Waals surface area contributed by atoms with Gasteiger partial charge in [0.05, 0.1) is 6.10 Å². The molecule has 20 heavy (non-hydrogen) atoms. The van der Waals surface area contributed by atoms with Crippen LogP contribution in [0.3, 0.4) is 0 Å². The fourth-order valence-corrected chi connectivity index (χ4v) is 3.36. The zero-order valence-electron chi connectivity index (χ0n) is 12.7. The second-order valence-corrected chi connectivity index (χ2v) is 6.59. The van der Waals surface area contributed by atoms with Gasteiger partial charge in [0.15, 0.2) is 0 Å². The fraction of sp³-hybridized carbons (Fsp3) is 0.647. The van der Waals surface area contributed by atoms with Crippen molar-refractivity contribution < 1.29 is 5.11 Å². The Balaban J connectivity index is 1.83. The second kappa shape index (κ2) is 7.21. The van der Waals surface area contributed by atoms with E-state index in [2.05, 4.69) is 30.9 Å². The lowest BCUT2D eigenvalue weighted by atomic mass is 9.91. The van der Waals surface area contributed by atoms with Crippen molar-refractivity contribution in [2.45, 2.75) is 38.8 Å². The molecule has 0 aromatic heterocycles. The first-order valence-corrected chi connectivity index (χ1v) is 7.74. The van der Waals surface area contributed by atoms with Gasteiger partial charge in [-0.1, -0.05) is 44.2 Å². The lowest BCUT2D eigenvalue weighted by Crippen LogP contribution is -2.48. The van der Waals surface area contributed by atoms with Crippen molar-refractivity contribution in [3.8, 4) is 0 Å². The van der Waals surface area contributed by atoms with Crippen molar-refractivity contribution in [2.24, 2.45) is 17.6 Å². The van der Waals surface area contributed by atoms with Crippen LogP contribution in [0.15, 0.2) is 30.3 Å². The van der Waals surface area contributed by atoms with Crippen molar-refractivity contribution in [2.75, 3.05) is 19.6 Å². The molecule has 1 aliphatic heterocycles. The van der Waals surface area contributed by atoms with Gasteiger partial charge in [-0.15, -0.1) is 0 Å². The summed E-state index contributed by atoms with van der Waals surface area (Å²) < 4.78 is 0. The van der Waals surface area contributed by atoms with E-state index in [-0.39, 0.29) is 6.04 Å². The molecule has 0 spiro atoms. The first kappa shape index (κ1) is 15.5. The number of aliphatic hydroxyl groups is 1. The van der Waals surface area contributed by atoms with Gasteiger partial charge in [-0.25, -0.2) is 0 Å². The van der Waals surface area contributed by atoms with Gasteiger partial charge >= 0.3 is 0 Å². The largest absolute Gasteiger partial charge is 0.390 e. The van der Waals surface area contributed by atoms with Gasteiger partial charge in [0.2, 0.25) is 0 Å². The van der Waals surface area contributed by atoms with Crippen LogP contribution in [0.4, 0.5) is 0 Å². The van der Waals surface area contributed by atoms with Crippen LogP contribution in [0.5, 0.6) is 0 Å². The standard InChI is InChI=1S/C17H28N2O/c1-13-8-14(2)11-19(10-13)12-17(20)16(18)9-15-6-4-3-5-7-15/h3-7,13-14,16-17,20H,8-12,18H2,1-2H3. The Bertz CT molecular complexity index is 385. The highest BCUT2D eigenvalue weighted by atomic mass is 16.3. The molecule has 3 N–H and O–H groups in total. The molecule has 112 valence electrons. The van der Waals surface area contributed by atoms with Crippen LogP contribution in [0.1, 0.15) is 25.8 Å². The highest BCUT2D eigenvalue weighted by Gasteiger charge is 2.25. The number of likely N-dealkylation sites (tertiary alicyclic amines) is 1. The number of piperidine rings is 1. The summed E-state index contributed by atoms with van der Waals surface area (Å²) in [5.41, 5.74) is 7.35. The van der Waals surface area contributed by atoms with E-state index in [1.165, 1.54) is 12.0 Å². The highest BCUT2D eigenvalue weighted by molar-refractivity contribution is 5.16. The zero-order chi connectivity index (χ0) is 14.5. The lowest BCUT2D eigenvalue weighted by molar-refractivity contribution is 0.0567. The van der Waals surface area contributed by atoms with E-state index in [0.717, 1.165) is 31.3 Å². The topological polar surface area (TPSA) is 49.5 Å². The predicted molar refractivity (Wildman–Crippen MR) is 83.5 cm³/mol. The van der Waals surface area contributed by atoms with Gasteiger partial charge in [-0.2, -0.15) is 0 Å². The maximum atomic E-state index is 10.3. The molecule has 0 amide bonds. The number of rotatable bonds is 5. The van der Waals surface area contributed by atoms with Crippen molar-refractivity contribution in [1.29, 1.82) is 0 Å². The zero-order valence-corrected chi connectivity index (χ0v) is 12.7. The molecule has 3 heteroatoms. The summed E-state index contributed by atoms with van der Waals surface area (Å²) in [5, 5.41) is 10.3. The van der Waals surface area contributed by atoms with E-state index in [1.807, 2.05) is 18.2 Å². The van der Waals surface area contributed by atoms with E-state index in [9.17, 15) is 5.11 Å². The quantitative estimate of drug-likeness (QED) is 0.863. The lowest BCUT2D eigenvalue weighted by Gasteiger charge is -2.36. The maximum absolute atomic E-state index is 10.3. The van der Waals surface area contributed by atoms with Crippen molar-refractivity contribution >= 4 is 0 Å². The van der Waals surface area contributed by atoms with Gasteiger partial charge in [0.25, 0.3) is 0 Å². The number of aliphatic hydroxyl groups excluding tert-OH is 1. The SMILES string of the molecule is CC1CC(C)CN(CC(O)C(N)Cc2ccccc2)C1. The molecule has 0 radical (unpaired) electrons. The molecule has 1 aromatic rings. The van der Waals surface area contributed by atoms with Gasteiger partial charge in [-0.05, 0) is 30.2 Å². The number of hydrogen-bond acceptors (Lipinski definition) is 3. The van der Waals surface area contributed by atoms with Crippen molar-refractivity contribution in [1.82, 2.24) is 4.90 Å². The van der Waals surface area contributed by atoms with Crippen LogP contribution in [0, 0.1) is 11.8 Å². The number of nitrogens with zero attached hydrogens (tertiary/aromatic N) is 1. The monoisotopic (exact) mass is 276 g/mol. The average molecular weight is 276 g/mol. The second-order valence-electron chi connectivity index (χ2n) is 6.59. The summed E-state index contributed by atoms with van der Waals surface area (Å²) in [5.74, 6) is 1.44. The van der Waals surface area contributed by atoms with Crippen LogP contribution in [0.25, 0.3) is 0 Å². The Hall–Kier alpha value is -0.900. The molecule has 4 unspecified atom stereocenters. The van der Waals surface area contributed by atoms with Crippen molar-refractivity contribution in [3.63, 3.8) is 0 Å². The first-order valence-electron chi connectivity index (χ1n) is 7.74. The molecule has 0 saturated carbocycles. The molecule has 1 aliphatic rings. The van der Waals surface area contributed by atoms with E-state index in [0.29, 0.717) is 6.54 Å². The molecule has 1 fully saturated rings. The predicted octanol–water partition coefficient (Wildman–Crippen LogP) is 1.90. The number of β-amino-alcohol motifs (C(OH)–C–C–N with tert-alkyl or cyclic N) is 1. The smallest absolute Gasteiger partial charge is 0.0820 e. The van der Waals surface area contributed by atoms with Crippen LogP contribution in [0.2, 0.25) is 0 Å². The summed E-state index contributed by atoms with van der Waals surface area (Å²) in [4.78, 5) is 2.37. The number of hydrogen-bond donors (Lipinski definition) is 2. The molecular formula is C17H28N2O. The van der Waals surface area contributed by atoms with Gasteiger partial charge < -0.3 is 15.7 Å². The highest BCUT2D eigenvalue weighted by Crippen LogP contribution is 2.21. The third-order valence-corrected chi connectivity index (χ3v) is 4.20.